The first-order valence-corrected chi connectivity index (χ1v) is 6.54. The normalized spacial score (nSPS) is 24.3. The van der Waals surface area contributed by atoms with Gasteiger partial charge in [-0.25, -0.2) is 0 Å². The molecule has 0 radical (unpaired) electrons. The minimum Gasteiger partial charge on any atom is -0.490 e. The van der Waals surface area contributed by atoms with Crippen molar-refractivity contribution in [1.82, 2.24) is 0 Å². The van der Waals surface area contributed by atoms with E-state index in [0.29, 0.717) is 6.10 Å². The highest BCUT2D eigenvalue weighted by atomic mass is 16.5. The van der Waals surface area contributed by atoms with Crippen molar-refractivity contribution >= 4 is 5.57 Å². The summed E-state index contributed by atoms with van der Waals surface area (Å²) >= 11 is 0. The molecule has 1 aromatic rings. The third kappa shape index (κ3) is 2.70. The summed E-state index contributed by atoms with van der Waals surface area (Å²) in [6.45, 7) is 0. The number of hydrogen-bond donors (Lipinski definition) is 1. The number of rotatable bonds is 3. The molecule has 0 amide bonds. The fourth-order valence-corrected chi connectivity index (χ4v) is 2.34. The third-order valence-corrected chi connectivity index (χ3v) is 3.43. The SMILES string of the molecule is NC1C=C(c2cccc(OC3CC3)c2)CCC1. The molecular formula is C15H19NO. The summed E-state index contributed by atoms with van der Waals surface area (Å²) in [7, 11) is 0. The fraction of sp³-hybridized carbons (Fsp3) is 0.467. The Balaban J connectivity index is 1.81. The smallest absolute Gasteiger partial charge is 0.120 e. The van der Waals surface area contributed by atoms with Crippen molar-refractivity contribution in [2.24, 2.45) is 5.73 Å². The molecule has 1 atom stereocenters. The van der Waals surface area contributed by atoms with Crippen LogP contribution in [0.5, 0.6) is 5.75 Å². The van der Waals surface area contributed by atoms with Crippen LogP contribution in [-0.2, 0) is 0 Å². The molecule has 2 nitrogen and oxygen atoms in total. The van der Waals surface area contributed by atoms with Gasteiger partial charge >= 0.3 is 0 Å². The van der Waals surface area contributed by atoms with Gasteiger partial charge in [0.2, 0.25) is 0 Å². The van der Waals surface area contributed by atoms with Crippen LogP contribution in [0.3, 0.4) is 0 Å². The minimum absolute atomic E-state index is 0.228. The number of allylic oxidation sites excluding steroid dienone is 1. The molecule has 2 heteroatoms. The van der Waals surface area contributed by atoms with Crippen LogP contribution < -0.4 is 10.5 Å². The number of hydrogen-bond acceptors (Lipinski definition) is 2. The summed E-state index contributed by atoms with van der Waals surface area (Å²) in [6, 6.07) is 8.66. The van der Waals surface area contributed by atoms with Gasteiger partial charge in [-0.1, -0.05) is 18.2 Å². The summed E-state index contributed by atoms with van der Waals surface area (Å²) in [5.41, 5.74) is 8.64. The quantitative estimate of drug-likeness (QED) is 0.864. The summed E-state index contributed by atoms with van der Waals surface area (Å²) in [6.07, 6.45) is 8.53. The Hall–Kier alpha value is -1.28. The highest BCUT2D eigenvalue weighted by molar-refractivity contribution is 5.68. The van der Waals surface area contributed by atoms with Crippen molar-refractivity contribution in [3.05, 3.63) is 35.9 Å². The lowest BCUT2D eigenvalue weighted by Gasteiger charge is -2.18. The van der Waals surface area contributed by atoms with Crippen molar-refractivity contribution < 1.29 is 4.74 Å². The lowest BCUT2D eigenvalue weighted by atomic mass is 9.91. The second-order valence-electron chi connectivity index (χ2n) is 5.09. The zero-order valence-corrected chi connectivity index (χ0v) is 10.1. The molecule has 0 aromatic heterocycles. The van der Waals surface area contributed by atoms with Crippen molar-refractivity contribution in [2.45, 2.75) is 44.2 Å². The van der Waals surface area contributed by atoms with Crippen LogP contribution in [0.2, 0.25) is 0 Å². The predicted molar refractivity (Wildman–Crippen MR) is 69.9 cm³/mol. The maximum absolute atomic E-state index is 5.98. The second kappa shape index (κ2) is 4.53. The topological polar surface area (TPSA) is 35.2 Å². The lowest BCUT2D eigenvalue weighted by molar-refractivity contribution is 0.303. The van der Waals surface area contributed by atoms with Crippen molar-refractivity contribution in [1.29, 1.82) is 0 Å². The average Bonchev–Trinajstić information content (AvgIpc) is 3.13. The van der Waals surface area contributed by atoms with E-state index in [2.05, 4.69) is 24.3 Å². The number of ether oxygens (including phenoxy) is 1. The molecule has 0 bridgehead atoms. The fourth-order valence-electron chi connectivity index (χ4n) is 2.34. The number of nitrogens with two attached hydrogens (primary N) is 1. The van der Waals surface area contributed by atoms with E-state index in [4.69, 9.17) is 10.5 Å². The molecule has 0 aliphatic heterocycles. The maximum atomic E-state index is 5.98. The van der Waals surface area contributed by atoms with Crippen molar-refractivity contribution in [3.8, 4) is 5.75 Å². The first kappa shape index (κ1) is 10.8. The van der Waals surface area contributed by atoms with Gasteiger partial charge in [0.25, 0.3) is 0 Å². The molecule has 17 heavy (non-hydrogen) atoms. The highest BCUT2D eigenvalue weighted by Crippen LogP contribution is 2.31. The Morgan fingerprint density at radius 1 is 1.18 bits per heavy atom. The van der Waals surface area contributed by atoms with Gasteiger partial charge in [0, 0.05) is 6.04 Å². The van der Waals surface area contributed by atoms with Gasteiger partial charge in [-0.3, -0.25) is 0 Å². The van der Waals surface area contributed by atoms with Crippen LogP contribution in [0.25, 0.3) is 5.57 Å². The largest absolute Gasteiger partial charge is 0.490 e. The molecule has 0 spiro atoms. The monoisotopic (exact) mass is 229 g/mol. The van der Waals surface area contributed by atoms with E-state index < -0.39 is 0 Å². The van der Waals surface area contributed by atoms with Gasteiger partial charge in [-0.05, 0) is 55.4 Å². The first-order chi connectivity index (χ1) is 8.31. The molecule has 1 aromatic carbocycles. The Morgan fingerprint density at radius 2 is 2.06 bits per heavy atom. The van der Waals surface area contributed by atoms with Crippen LogP contribution in [0.4, 0.5) is 0 Å². The Labute approximate surface area is 102 Å². The van der Waals surface area contributed by atoms with E-state index in [-0.39, 0.29) is 6.04 Å². The molecule has 0 heterocycles. The molecule has 2 aliphatic rings. The summed E-state index contributed by atoms with van der Waals surface area (Å²) in [4.78, 5) is 0. The summed E-state index contributed by atoms with van der Waals surface area (Å²) < 4.78 is 5.83. The standard InChI is InChI=1S/C15H19NO/c16-13-5-1-3-11(9-13)12-4-2-6-15(10-12)17-14-7-8-14/h2,4,6,9-10,13-14H,1,3,5,7-8,16H2. The van der Waals surface area contributed by atoms with Crippen LogP contribution >= 0.6 is 0 Å². The van der Waals surface area contributed by atoms with E-state index in [1.807, 2.05) is 6.07 Å². The molecule has 1 unspecified atom stereocenters. The molecular weight excluding hydrogens is 210 g/mol. The van der Waals surface area contributed by atoms with E-state index in [1.54, 1.807) is 0 Å². The molecule has 3 rings (SSSR count). The van der Waals surface area contributed by atoms with Crippen LogP contribution in [0.1, 0.15) is 37.7 Å². The molecule has 0 saturated heterocycles. The molecule has 2 aliphatic carbocycles. The molecule has 1 fully saturated rings. The zero-order chi connectivity index (χ0) is 11.7. The van der Waals surface area contributed by atoms with Crippen molar-refractivity contribution in [3.63, 3.8) is 0 Å². The lowest BCUT2D eigenvalue weighted by Crippen LogP contribution is -2.19. The van der Waals surface area contributed by atoms with Gasteiger partial charge in [0.05, 0.1) is 6.10 Å². The van der Waals surface area contributed by atoms with Gasteiger partial charge in [0.15, 0.2) is 0 Å². The van der Waals surface area contributed by atoms with Crippen molar-refractivity contribution in [2.75, 3.05) is 0 Å². The predicted octanol–water partition coefficient (Wildman–Crippen LogP) is 3.12. The Bertz CT molecular complexity index is 434. The van der Waals surface area contributed by atoms with Gasteiger partial charge in [-0.2, -0.15) is 0 Å². The van der Waals surface area contributed by atoms with Gasteiger partial charge in [-0.15, -0.1) is 0 Å². The van der Waals surface area contributed by atoms with E-state index in [9.17, 15) is 0 Å². The average molecular weight is 229 g/mol. The van der Waals surface area contributed by atoms with E-state index >= 15 is 0 Å². The summed E-state index contributed by atoms with van der Waals surface area (Å²) in [5.74, 6) is 1.00. The molecule has 1 saturated carbocycles. The number of benzene rings is 1. The minimum atomic E-state index is 0.228. The second-order valence-corrected chi connectivity index (χ2v) is 5.09. The van der Waals surface area contributed by atoms with E-state index in [1.165, 1.54) is 30.4 Å². The van der Waals surface area contributed by atoms with Gasteiger partial charge < -0.3 is 10.5 Å². The van der Waals surface area contributed by atoms with Crippen LogP contribution in [0, 0.1) is 0 Å². The molecule has 90 valence electrons. The zero-order valence-electron chi connectivity index (χ0n) is 10.1. The van der Waals surface area contributed by atoms with Crippen LogP contribution in [0.15, 0.2) is 30.3 Å². The van der Waals surface area contributed by atoms with Gasteiger partial charge in [0.1, 0.15) is 5.75 Å². The maximum Gasteiger partial charge on any atom is 0.120 e. The Morgan fingerprint density at radius 3 is 2.82 bits per heavy atom. The summed E-state index contributed by atoms with van der Waals surface area (Å²) in [5, 5.41) is 0. The van der Waals surface area contributed by atoms with E-state index in [0.717, 1.165) is 18.6 Å². The third-order valence-electron chi connectivity index (χ3n) is 3.43. The highest BCUT2D eigenvalue weighted by Gasteiger charge is 2.23. The molecule has 2 N–H and O–H groups in total. The Kier molecular flexibility index (Phi) is 2.89. The first-order valence-electron chi connectivity index (χ1n) is 6.54. The van der Waals surface area contributed by atoms with Crippen LogP contribution in [-0.4, -0.2) is 12.1 Å².